The van der Waals surface area contributed by atoms with E-state index in [2.05, 4.69) is 5.32 Å². The third-order valence-corrected chi connectivity index (χ3v) is 4.60. The van der Waals surface area contributed by atoms with Gasteiger partial charge in [-0.3, -0.25) is 4.79 Å². The fraction of sp³-hybridized carbons (Fsp3) is 0.278. The molecule has 0 radical (unpaired) electrons. The van der Waals surface area contributed by atoms with Crippen molar-refractivity contribution in [3.05, 3.63) is 65.7 Å². The molecule has 0 bridgehead atoms. The highest BCUT2D eigenvalue weighted by atomic mass is 32.2. The first-order valence-electron chi connectivity index (χ1n) is 7.65. The van der Waals surface area contributed by atoms with E-state index in [1.54, 1.807) is 56.3 Å². The van der Waals surface area contributed by atoms with Gasteiger partial charge in [0.25, 0.3) is 16.0 Å². The van der Waals surface area contributed by atoms with E-state index in [-0.39, 0.29) is 10.9 Å². The molecule has 0 heterocycles. The number of nitrogens with one attached hydrogen (secondary N) is 1. The largest absolute Gasteiger partial charge is 0.351 e. The minimum absolute atomic E-state index is 0.0198. The lowest BCUT2D eigenvalue weighted by Crippen LogP contribution is -2.36. The van der Waals surface area contributed by atoms with Gasteiger partial charge in [0.2, 0.25) is 0 Å². The van der Waals surface area contributed by atoms with Crippen molar-refractivity contribution in [1.82, 2.24) is 5.32 Å². The van der Waals surface area contributed by atoms with Crippen LogP contribution >= 0.6 is 0 Å². The second kappa shape index (κ2) is 7.59. The fourth-order valence-corrected chi connectivity index (χ4v) is 3.16. The molecule has 0 unspecified atom stereocenters. The van der Waals surface area contributed by atoms with Crippen LogP contribution in [-0.4, -0.2) is 20.4 Å². The number of hydrogen-bond acceptors (Lipinski definition) is 4. The van der Waals surface area contributed by atoms with E-state index in [1.165, 1.54) is 12.1 Å². The normalized spacial score (nSPS) is 12.8. The zero-order valence-electron chi connectivity index (χ0n) is 13.9. The maximum atomic E-state index is 12.5. The number of amides is 1. The van der Waals surface area contributed by atoms with Crippen LogP contribution in [0.5, 0.6) is 0 Å². The van der Waals surface area contributed by atoms with E-state index in [4.69, 9.17) is 4.18 Å². The summed E-state index contributed by atoms with van der Waals surface area (Å²) >= 11 is 0. The van der Waals surface area contributed by atoms with Crippen LogP contribution < -0.4 is 5.32 Å². The van der Waals surface area contributed by atoms with Crippen LogP contribution in [0.1, 0.15) is 31.1 Å². The third-order valence-electron chi connectivity index (χ3n) is 3.30. The Hall–Kier alpha value is -2.18. The highest BCUT2D eigenvalue weighted by Gasteiger charge is 2.29. The molecule has 0 aromatic heterocycles. The average molecular weight is 347 g/mol. The van der Waals surface area contributed by atoms with Crippen molar-refractivity contribution in [3.8, 4) is 0 Å². The van der Waals surface area contributed by atoms with Gasteiger partial charge in [-0.2, -0.15) is 8.42 Å². The molecule has 24 heavy (non-hydrogen) atoms. The predicted octanol–water partition coefficient (Wildman–Crippen LogP) is 2.97. The van der Waals surface area contributed by atoms with Gasteiger partial charge in [0.15, 0.2) is 6.10 Å². The molecule has 0 aliphatic carbocycles. The van der Waals surface area contributed by atoms with Crippen LogP contribution in [-0.2, 0) is 19.1 Å². The van der Waals surface area contributed by atoms with E-state index in [1.807, 2.05) is 6.92 Å². The molecule has 0 aliphatic heterocycles. The summed E-state index contributed by atoms with van der Waals surface area (Å²) in [6.45, 7) is 5.46. The number of carbonyl (C=O) groups is 1. The summed E-state index contributed by atoms with van der Waals surface area (Å²) in [7, 11) is -4.07. The Morgan fingerprint density at radius 1 is 1.00 bits per heavy atom. The number of rotatable bonds is 6. The third kappa shape index (κ3) is 4.66. The molecule has 1 N–H and O–H groups in total. The summed E-state index contributed by atoms with van der Waals surface area (Å²) in [6, 6.07) is 14.7. The average Bonchev–Trinajstić information content (AvgIpc) is 2.53. The van der Waals surface area contributed by atoms with Gasteiger partial charge in [-0.1, -0.05) is 48.0 Å². The predicted molar refractivity (Wildman–Crippen MR) is 91.9 cm³/mol. The van der Waals surface area contributed by atoms with Crippen LogP contribution in [0.4, 0.5) is 0 Å². The first-order valence-corrected chi connectivity index (χ1v) is 9.05. The smallest absolute Gasteiger partial charge is 0.298 e. The summed E-state index contributed by atoms with van der Waals surface area (Å²) in [5.74, 6) is -0.494. The highest BCUT2D eigenvalue weighted by Crippen LogP contribution is 2.24. The second-order valence-corrected chi connectivity index (χ2v) is 7.39. The van der Waals surface area contributed by atoms with E-state index < -0.39 is 22.1 Å². The Morgan fingerprint density at radius 2 is 1.58 bits per heavy atom. The van der Waals surface area contributed by atoms with Crippen LogP contribution in [0.2, 0.25) is 0 Å². The molecule has 5 nitrogen and oxygen atoms in total. The van der Waals surface area contributed by atoms with E-state index in [9.17, 15) is 13.2 Å². The molecule has 0 fully saturated rings. The molecule has 1 atom stereocenters. The van der Waals surface area contributed by atoms with Gasteiger partial charge in [0.05, 0.1) is 4.90 Å². The standard InChI is InChI=1S/C18H21NO4S/c1-13(2)19-18(20)17(15-7-5-4-6-8-15)23-24(21,22)16-11-9-14(3)10-12-16/h4-13,17H,1-3H3,(H,19,20)/t17-/m0/s1. The van der Waals surface area contributed by atoms with E-state index in [0.29, 0.717) is 5.56 Å². The minimum atomic E-state index is -4.07. The molecule has 2 aromatic carbocycles. The molecule has 0 aliphatic rings. The first kappa shape index (κ1) is 18.2. The maximum absolute atomic E-state index is 12.5. The lowest BCUT2D eigenvalue weighted by molar-refractivity contribution is -0.128. The highest BCUT2D eigenvalue weighted by molar-refractivity contribution is 7.86. The monoisotopic (exact) mass is 347 g/mol. The van der Waals surface area contributed by atoms with Gasteiger partial charge in [0, 0.05) is 6.04 Å². The summed E-state index contributed by atoms with van der Waals surface area (Å²) < 4.78 is 30.3. The quantitative estimate of drug-likeness (QED) is 0.816. The lowest BCUT2D eigenvalue weighted by Gasteiger charge is -2.19. The molecule has 2 rings (SSSR count). The van der Waals surface area contributed by atoms with Gasteiger partial charge < -0.3 is 5.32 Å². The van der Waals surface area contributed by atoms with Crippen LogP contribution in [0.15, 0.2) is 59.5 Å². The number of aryl methyl sites for hydroxylation is 1. The van der Waals surface area contributed by atoms with Crippen molar-refractivity contribution in [3.63, 3.8) is 0 Å². The van der Waals surface area contributed by atoms with Crippen molar-refractivity contribution in [2.75, 3.05) is 0 Å². The fourth-order valence-electron chi connectivity index (χ4n) is 2.13. The van der Waals surface area contributed by atoms with Crippen molar-refractivity contribution in [2.24, 2.45) is 0 Å². The first-order chi connectivity index (χ1) is 11.3. The Morgan fingerprint density at radius 3 is 2.12 bits per heavy atom. The SMILES string of the molecule is Cc1ccc(S(=O)(=O)O[C@H](C(=O)NC(C)C)c2ccccc2)cc1. The summed E-state index contributed by atoms with van der Waals surface area (Å²) in [4.78, 5) is 12.4. The molecule has 0 saturated heterocycles. The maximum Gasteiger partial charge on any atom is 0.298 e. The number of carbonyl (C=O) groups excluding carboxylic acids is 1. The van der Waals surface area contributed by atoms with Gasteiger partial charge in [-0.05, 0) is 38.5 Å². The molecular weight excluding hydrogens is 326 g/mol. The Kier molecular flexibility index (Phi) is 5.75. The van der Waals surface area contributed by atoms with E-state index >= 15 is 0 Å². The summed E-state index contributed by atoms with van der Waals surface area (Å²) in [6.07, 6.45) is -1.24. The number of benzene rings is 2. The van der Waals surface area contributed by atoms with Gasteiger partial charge in [0.1, 0.15) is 0 Å². The Labute approximate surface area is 142 Å². The van der Waals surface area contributed by atoms with Crippen molar-refractivity contribution in [1.29, 1.82) is 0 Å². The zero-order valence-corrected chi connectivity index (χ0v) is 14.7. The van der Waals surface area contributed by atoms with Gasteiger partial charge in [-0.25, -0.2) is 4.18 Å². The summed E-state index contributed by atoms with van der Waals surface area (Å²) in [5, 5.41) is 2.70. The topological polar surface area (TPSA) is 72.5 Å². The lowest BCUT2D eigenvalue weighted by atomic mass is 10.1. The summed E-state index contributed by atoms with van der Waals surface area (Å²) in [5.41, 5.74) is 1.41. The number of hydrogen-bond donors (Lipinski definition) is 1. The second-order valence-electron chi connectivity index (χ2n) is 5.82. The molecule has 0 saturated carbocycles. The van der Waals surface area contributed by atoms with Crippen molar-refractivity contribution >= 4 is 16.0 Å². The molecule has 0 spiro atoms. The van der Waals surface area contributed by atoms with Gasteiger partial charge >= 0.3 is 0 Å². The van der Waals surface area contributed by atoms with Gasteiger partial charge in [-0.15, -0.1) is 0 Å². The van der Waals surface area contributed by atoms with Crippen LogP contribution in [0, 0.1) is 6.92 Å². The Bertz CT molecular complexity index is 784. The molecule has 6 heteroatoms. The molecular formula is C18H21NO4S. The molecule has 1 amide bonds. The van der Waals surface area contributed by atoms with Crippen molar-refractivity contribution in [2.45, 2.75) is 37.8 Å². The minimum Gasteiger partial charge on any atom is -0.351 e. The van der Waals surface area contributed by atoms with Crippen LogP contribution in [0.25, 0.3) is 0 Å². The zero-order chi connectivity index (χ0) is 17.7. The Balaban J connectivity index is 2.34. The molecule has 2 aromatic rings. The van der Waals surface area contributed by atoms with E-state index in [0.717, 1.165) is 5.56 Å². The van der Waals surface area contributed by atoms with Crippen LogP contribution in [0.3, 0.4) is 0 Å². The van der Waals surface area contributed by atoms with Crippen molar-refractivity contribution < 1.29 is 17.4 Å². The molecule has 128 valence electrons.